The summed E-state index contributed by atoms with van der Waals surface area (Å²) >= 11 is 0. The summed E-state index contributed by atoms with van der Waals surface area (Å²) in [5, 5.41) is 9.82. The summed E-state index contributed by atoms with van der Waals surface area (Å²) in [5.74, 6) is 2.14. The van der Waals surface area contributed by atoms with Crippen molar-refractivity contribution >= 4 is 24.0 Å². The molecular weight excluding hydrogens is 402 g/mol. The minimum Gasteiger partial charge on any atom is -0.493 e. The number of hydrogen-bond acceptors (Lipinski definition) is 5. The summed E-state index contributed by atoms with van der Waals surface area (Å²) < 4.78 is 5.83. The van der Waals surface area contributed by atoms with Crippen LogP contribution in [0.5, 0.6) is 5.75 Å². The molecule has 0 saturated carbocycles. The Hall–Kier alpha value is -2.90. The summed E-state index contributed by atoms with van der Waals surface area (Å²) in [6.07, 6.45) is 2.06. The van der Waals surface area contributed by atoms with E-state index in [1.807, 2.05) is 44.2 Å². The van der Waals surface area contributed by atoms with Gasteiger partial charge in [0.1, 0.15) is 11.6 Å². The van der Waals surface area contributed by atoms with E-state index in [1.165, 1.54) is 5.56 Å². The summed E-state index contributed by atoms with van der Waals surface area (Å²) in [5.41, 5.74) is 9.45. The third-order valence-corrected chi connectivity index (χ3v) is 4.55. The second kappa shape index (κ2) is 11.3. The summed E-state index contributed by atoms with van der Waals surface area (Å²) in [7, 11) is 0. The number of rotatable bonds is 9. The smallest absolute Gasteiger partial charge is 0.224 e. The van der Waals surface area contributed by atoms with Gasteiger partial charge in [-0.05, 0) is 68.1 Å². The molecule has 1 heterocycles. The number of aryl methyl sites for hydroxylation is 2. The Kier molecular flexibility index (Phi) is 8.83. The van der Waals surface area contributed by atoms with Gasteiger partial charge in [0.25, 0.3) is 0 Å². The maximum atomic E-state index is 12.1. The number of carbonyl (C=O) groups excluding carboxylic acids is 1. The number of nitrogens with zero attached hydrogens (tertiary/aromatic N) is 2. The lowest BCUT2D eigenvalue weighted by molar-refractivity contribution is -0.116. The van der Waals surface area contributed by atoms with Crippen molar-refractivity contribution in [3.8, 4) is 17.1 Å². The van der Waals surface area contributed by atoms with Crippen molar-refractivity contribution in [3.63, 3.8) is 0 Å². The lowest BCUT2D eigenvalue weighted by Gasteiger charge is -2.10. The van der Waals surface area contributed by atoms with E-state index in [0.29, 0.717) is 31.2 Å². The molecule has 160 valence electrons. The number of aromatic nitrogens is 3. The molecule has 0 radical (unpaired) electrons. The van der Waals surface area contributed by atoms with Gasteiger partial charge in [-0.3, -0.25) is 9.89 Å². The average molecular weight is 430 g/mol. The molecule has 8 heteroatoms. The molecule has 1 aromatic heterocycles. The number of benzene rings is 2. The molecule has 0 atom stereocenters. The van der Waals surface area contributed by atoms with Crippen LogP contribution >= 0.6 is 12.4 Å². The maximum Gasteiger partial charge on any atom is 0.224 e. The van der Waals surface area contributed by atoms with Gasteiger partial charge in [0.05, 0.1) is 13.2 Å². The molecule has 4 N–H and O–H groups in total. The second-order valence-electron chi connectivity index (χ2n) is 7.01. The topological polar surface area (TPSA) is 106 Å². The molecule has 0 aliphatic rings. The first-order valence-electron chi connectivity index (χ1n) is 9.77. The Balaban J connectivity index is 0.00000320. The Morgan fingerprint density at radius 1 is 1.13 bits per heavy atom. The number of unbranched alkanes of at least 4 members (excludes halogenated alkanes) is 1. The molecule has 0 saturated heterocycles. The summed E-state index contributed by atoms with van der Waals surface area (Å²) in [6, 6.07) is 13.6. The number of ether oxygens (including phenoxy) is 1. The third kappa shape index (κ3) is 6.57. The lowest BCUT2D eigenvalue weighted by atomic mass is 10.1. The Labute approximate surface area is 182 Å². The van der Waals surface area contributed by atoms with Gasteiger partial charge in [-0.2, -0.15) is 5.10 Å². The number of anilines is 1. The zero-order valence-electron chi connectivity index (χ0n) is 17.3. The van der Waals surface area contributed by atoms with E-state index in [2.05, 4.69) is 32.6 Å². The van der Waals surface area contributed by atoms with Crippen molar-refractivity contribution in [1.29, 1.82) is 0 Å². The molecule has 0 aliphatic carbocycles. The molecule has 0 fully saturated rings. The maximum absolute atomic E-state index is 12.1. The van der Waals surface area contributed by atoms with Crippen molar-refractivity contribution in [2.45, 2.75) is 39.7 Å². The molecule has 2 aromatic carbocycles. The van der Waals surface area contributed by atoms with E-state index < -0.39 is 0 Å². The number of nitrogens with two attached hydrogens (primary N) is 1. The van der Waals surface area contributed by atoms with Crippen LogP contribution in [0, 0.1) is 13.8 Å². The van der Waals surface area contributed by atoms with Gasteiger partial charge < -0.3 is 15.8 Å². The van der Waals surface area contributed by atoms with E-state index in [0.717, 1.165) is 35.4 Å². The number of hydrogen-bond donors (Lipinski definition) is 3. The van der Waals surface area contributed by atoms with Crippen molar-refractivity contribution in [1.82, 2.24) is 15.2 Å². The van der Waals surface area contributed by atoms with Crippen LogP contribution < -0.4 is 15.8 Å². The van der Waals surface area contributed by atoms with Crippen LogP contribution in [0.25, 0.3) is 11.4 Å². The quantitative estimate of drug-likeness (QED) is 0.443. The van der Waals surface area contributed by atoms with E-state index in [9.17, 15) is 4.79 Å². The van der Waals surface area contributed by atoms with Crippen molar-refractivity contribution in [2.75, 3.05) is 11.9 Å². The minimum absolute atomic E-state index is 0. The lowest BCUT2D eigenvalue weighted by Crippen LogP contribution is -2.11. The Morgan fingerprint density at radius 2 is 1.90 bits per heavy atom. The van der Waals surface area contributed by atoms with Gasteiger partial charge in [-0.1, -0.05) is 12.1 Å². The fourth-order valence-corrected chi connectivity index (χ4v) is 2.87. The highest BCUT2D eigenvalue weighted by Crippen LogP contribution is 2.20. The predicted molar refractivity (Wildman–Crippen MR) is 121 cm³/mol. The third-order valence-electron chi connectivity index (χ3n) is 4.55. The first-order chi connectivity index (χ1) is 14.0. The van der Waals surface area contributed by atoms with Crippen LogP contribution in [-0.2, 0) is 11.3 Å². The highest BCUT2D eigenvalue weighted by Gasteiger charge is 2.07. The van der Waals surface area contributed by atoms with E-state index in [1.54, 1.807) is 0 Å². The molecule has 0 aliphatic heterocycles. The number of H-pyrrole nitrogens is 1. The predicted octanol–water partition coefficient (Wildman–Crippen LogP) is 4.16. The molecule has 3 rings (SSSR count). The Morgan fingerprint density at radius 3 is 2.60 bits per heavy atom. The molecule has 0 unspecified atom stereocenters. The Bertz CT molecular complexity index is 956. The zero-order chi connectivity index (χ0) is 20.6. The number of halogens is 1. The van der Waals surface area contributed by atoms with Crippen LogP contribution in [0.2, 0.25) is 0 Å². The fraction of sp³-hybridized carbons (Fsp3) is 0.318. The average Bonchev–Trinajstić information content (AvgIpc) is 3.20. The van der Waals surface area contributed by atoms with E-state index in [4.69, 9.17) is 10.5 Å². The van der Waals surface area contributed by atoms with Crippen molar-refractivity contribution in [2.24, 2.45) is 5.73 Å². The van der Waals surface area contributed by atoms with Gasteiger partial charge in [0, 0.05) is 17.7 Å². The normalized spacial score (nSPS) is 10.4. The fourth-order valence-electron chi connectivity index (χ4n) is 2.87. The molecule has 0 bridgehead atoms. The van der Waals surface area contributed by atoms with Gasteiger partial charge in [0.15, 0.2) is 5.82 Å². The highest BCUT2D eigenvalue weighted by molar-refractivity contribution is 5.90. The first kappa shape index (κ1) is 23.4. The van der Waals surface area contributed by atoms with Crippen molar-refractivity contribution < 1.29 is 9.53 Å². The molecule has 1 amide bonds. The van der Waals surface area contributed by atoms with Gasteiger partial charge in [-0.15, -0.1) is 12.4 Å². The van der Waals surface area contributed by atoms with Crippen LogP contribution in [0.15, 0.2) is 42.5 Å². The number of nitrogens with one attached hydrogen (secondary N) is 2. The molecule has 3 aromatic rings. The molecular formula is C22H28ClN5O2. The molecule has 30 heavy (non-hydrogen) atoms. The van der Waals surface area contributed by atoms with Gasteiger partial charge in [0.2, 0.25) is 5.91 Å². The highest BCUT2D eigenvalue weighted by atomic mass is 35.5. The second-order valence-corrected chi connectivity index (χ2v) is 7.01. The van der Waals surface area contributed by atoms with Gasteiger partial charge >= 0.3 is 0 Å². The number of carbonyl (C=O) groups is 1. The first-order valence-corrected chi connectivity index (χ1v) is 9.77. The van der Waals surface area contributed by atoms with Crippen LogP contribution in [-0.4, -0.2) is 27.7 Å². The van der Waals surface area contributed by atoms with Gasteiger partial charge in [-0.25, -0.2) is 4.98 Å². The zero-order valence-corrected chi connectivity index (χ0v) is 18.1. The number of aromatic amines is 1. The van der Waals surface area contributed by atoms with E-state index >= 15 is 0 Å². The minimum atomic E-state index is -0.00667. The monoisotopic (exact) mass is 429 g/mol. The van der Waals surface area contributed by atoms with Crippen LogP contribution in [0.1, 0.15) is 36.2 Å². The van der Waals surface area contributed by atoms with Crippen LogP contribution in [0.3, 0.4) is 0 Å². The molecule has 0 spiro atoms. The largest absolute Gasteiger partial charge is 0.493 e. The standard InChI is InChI=1S/C22H27N5O2.ClH/c1-15-6-7-16(2)19(13-15)29-12-4-3-5-21(28)24-18-10-8-17(9-11-18)22-25-20(14-23)26-27-22;/h6-11,13H,3-5,12,14,23H2,1-2H3,(H,24,28)(H,25,26,27);1H. The summed E-state index contributed by atoms with van der Waals surface area (Å²) in [4.78, 5) is 16.4. The number of amides is 1. The SMILES string of the molecule is Cc1ccc(C)c(OCCCCC(=O)Nc2ccc(-c3n[nH]c(CN)n3)cc2)c1.Cl. The molecule has 7 nitrogen and oxygen atoms in total. The van der Waals surface area contributed by atoms with Crippen molar-refractivity contribution in [3.05, 3.63) is 59.4 Å². The van der Waals surface area contributed by atoms with E-state index in [-0.39, 0.29) is 18.3 Å². The van der Waals surface area contributed by atoms with Crippen LogP contribution in [0.4, 0.5) is 5.69 Å². The summed E-state index contributed by atoms with van der Waals surface area (Å²) in [6.45, 7) is 5.00.